The van der Waals surface area contributed by atoms with Gasteiger partial charge in [0.15, 0.2) is 0 Å². The quantitative estimate of drug-likeness (QED) is 0.647. The molecule has 3 amide bonds. The van der Waals surface area contributed by atoms with Gasteiger partial charge in [-0.2, -0.15) is 0 Å². The van der Waals surface area contributed by atoms with Gasteiger partial charge in [-0.3, -0.25) is 14.4 Å². The minimum atomic E-state index is -0.674. The molecular formula is C23H22ClN3O6. The molecule has 2 aliphatic rings. The van der Waals surface area contributed by atoms with Crippen LogP contribution < -0.4 is 19.7 Å². The van der Waals surface area contributed by atoms with E-state index in [9.17, 15) is 14.4 Å². The van der Waals surface area contributed by atoms with Crippen molar-refractivity contribution in [1.82, 2.24) is 4.90 Å². The zero-order valence-corrected chi connectivity index (χ0v) is 18.8. The third-order valence-corrected chi connectivity index (χ3v) is 5.71. The molecule has 0 bridgehead atoms. The standard InChI is InChI=1S/C23H22ClN3O6/c1-31-16-7-8-17(18(13-16)32-2)27-22(29)19(24)20(23(27)30)25-15-5-3-14(4-6-15)21(28)26-9-11-33-12-10-26/h3-8,13,25H,9-12H2,1-2H3. The van der Waals surface area contributed by atoms with Crippen molar-refractivity contribution in [2.24, 2.45) is 0 Å². The molecule has 2 aromatic carbocycles. The van der Waals surface area contributed by atoms with Gasteiger partial charge in [-0.25, -0.2) is 4.90 Å². The number of benzene rings is 2. The highest BCUT2D eigenvalue weighted by Crippen LogP contribution is 2.37. The Hall–Kier alpha value is -3.56. The molecule has 172 valence electrons. The third-order valence-electron chi connectivity index (χ3n) is 5.35. The van der Waals surface area contributed by atoms with Gasteiger partial charge in [0.2, 0.25) is 0 Å². The van der Waals surface area contributed by atoms with Crippen LogP contribution in [-0.4, -0.2) is 63.1 Å². The Morgan fingerprint density at radius 2 is 1.70 bits per heavy atom. The molecule has 4 rings (SSSR count). The van der Waals surface area contributed by atoms with E-state index in [0.29, 0.717) is 43.3 Å². The second kappa shape index (κ2) is 9.51. The number of nitrogens with one attached hydrogen (secondary N) is 1. The van der Waals surface area contributed by atoms with Crippen molar-refractivity contribution in [3.63, 3.8) is 0 Å². The molecule has 0 spiro atoms. The number of hydrogen-bond acceptors (Lipinski definition) is 7. The summed E-state index contributed by atoms with van der Waals surface area (Å²) in [6.07, 6.45) is 0. The molecule has 1 saturated heterocycles. The van der Waals surface area contributed by atoms with Gasteiger partial charge in [0.25, 0.3) is 17.7 Å². The van der Waals surface area contributed by atoms with E-state index in [1.807, 2.05) is 0 Å². The van der Waals surface area contributed by atoms with Gasteiger partial charge in [-0.15, -0.1) is 0 Å². The topological polar surface area (TPSA) is 97.4 Å². The normalized spacial score (nSPS) is 16.3. The van der Waals surface area contributed by atoms with Gasteiger partial charge >= 0.3 is 0 Å². The zero-order valence-electron chi connectivity index (χ0n) is 18.1. The fraction of sp³-hybridized carbons (Fsp3) is 0.261. The fourth-order valence-electron chi connectivity index (χ4n) is 3.59. The average molecular weight is 472 g/mol. The molecule has 33 heavy (non-hydrogen) atoms. The molecule has 2 heterocycles. The number of methoxy groups -OCH3 is 2. The summed E-state index contributed by atoms with van der Waals surface area (Å²) in [5.74, 6) is -0.591. The van der Waals surface area contributed by atoms with Crippen molar-refractivity contribution in [3.8, 4) is 11.5 Å². The van der Waals surface area contributed by atoms with Crippen LogP contribution in [0.25, 0.3) is 0 Å². The highest BCUT2D eigenvalue weighted by atomic mass is 35.5. The Balaban J connectivity index is 1.52. The third kappa shape index (κ3) is 4.37. The molecule has 0 atom stereocenters. The van der Waals surface area contributed by atoms with Crippen molar-refractivity contribution in [1.29, 1.82) is 0 Å². The number of rotatable bonds is 6. The first-order valence-electron chi connectivity index (χ1n) is 10.2. The van der Waals surface area contributed by atoms with Crippen molar-refractivity contribution in [2.75, 3.05) is 50.7 Å². The summed E-state index contributed by atoms with van der Waals surface area (Å²) < 4.78 is 15.8. The summed E-state index contributed by atoms with van der Waals surface area (Å²) in [5, 5.41) is 2.66. The number of amides is 3. The Kier molecular flexibility index (Phi) is 6.52. The van der Waals surface area contributed by atoms with Crippen LogP contribution in [0.5, 0.6) is 11.5 Å². The van der Waals surface area contributed by atoms with Gasteiger partial charge in [0.1, 0.15) is 22.2 Å². The van der Waals surface area contributed by atoms with Gasteiger partial charge in [0, 0.05) is 30.4 Å². The van der Waals surface area contributed by atoms with Crippen LogP contribution in [0.3, 0.4) is 0 Å². The molecule has 0 unspecified atom stereocenters. The number of halogens is 1. The second-order valence-electron chi connectivity index (χ2n) is 7.28. The molecule has 1 fully saturated rings. The van der Waals surface area contributed by atoms with Gasteiger partial charge < -0.3 is 24.4 Å². The zero-order chi connectivity index (χ0) is 23.5. The molecule has 0 radical (unpaired) electrons. The number of carbonyl (C=O) groups is 3. The van der Waals surface area contributed by atoms with Crippen molar-refractivity contribution < 1.29 is 28.6 Å². The van der Waals surface area contributed by atoms with E-state index in [1.54, 1.807) is 47.4 Å². The molecule has 0 aliphatic carbocycles. The van der Waals surface area contributed by atoms with E-state index < -0.39 is 11.8 Å². The maximum atomic E-state index is 13.1. The van der Waals surface area contributed by atoms with E-state index >= 15 is 0 Å². The van der Waals surface area contributed by atoms with Crippen LogP contribution in [0.2, 0.25) is 0 Å². The summed E-state index contributed by atoms with van der Waals surface area (Å²) >= 11 is 6.22. The van der Waals surface area contributed by atoms with E-state index in [2.05, 4.69) is 5.32 Å². The Bertz CT molecular complexity index is 1130. The lowest BCUT2D eigenvalue weighted by atomic mass is 10.1. The lowest BCUT2D eigenvalue weighted by molar-refractivity contribution is -0.120. The largest absolute Gasteiger partial charge is 0.497 e. The predicted molar refractivity (Wildman–Crippen MR) is 122 cm³/mol. The van der Waals surface area contributed by atoms with E-state index in [-0.39, 0.29) is 28.1 Å². The summed E-state index contributed by atoms with van der Waals surface area (Å²) in [6.45, 7) is 2.12. The minimum absolute atomic E-state index is 0.0632. The monoisotopic (exact) mass is 471 g/mol. The van der Waals surface area contributed by atoms with Crippen molar-refractivity contribution in [2.45, 2.75) is 0 Å². The Morgan fingerprint density at radius 1 is 1.00 bits per heavy atom. The van der Waals surface area contributed by atoms with Crippen LogP contribution in [-0.2, 0) is 14.3 Å². The van der Waals surface area contributed by atoms with E-state index in [4.69, 9.17) is 25.8 Å². The average Bonchev–Trinajstić information content (AvgIpc) is 3.07. The number of nitrogens with zero attached hydrogens (tertiary/aromatic N) is 2. The number of anilines is 2. The maximum Gasteiger partial charge on any atom is 0.283 e. The molecule has 0 aromatic heterocycles. The van der Waals surface area contributed by atoms with Crippen LogP contribution in [0, 0.1) is 0 Å². The molecular weight excluding hydrogens is 450 g/mol. The van der Waals surface area contributed by atoms with E-state index in [0.717, 1.165) is 4.90 Å². The summed E-state index contributed by atoms with van der Waals surface area (Å²) in [5.41, 5.74) is 1.20. The first-order chi connectivity index (χ1) is 15.9. The molecule has 0 saturated carbocycles. The maximum absolute atomic E-state index is 13.1. The molecule has 10 heteroatoms. The number of carbonyl (C=O) groups excluding carboxylic acids is 3. The lowest BCUT2D eigenvalue weighted by Gasteiger charge is -2.26. The Morgan fingerprint density at radius 3 is 2.33 bits per heavy atom. The van der Waals surface area contributed by atoms with Crippen molar-refractivity contribution in [3.05, 3.63) is 58.8 Å². The first-order valence-corrected chi connectivity index (χ1v) is 10.6. The summed E-state index contributed by atoms with van der Waals surface area (Å²) in [6, 6.07) is 11.3. The number of morpholine rings is 1. The van der Waals surface area contributed by atoms with Crippen LogP contribution in [0.1, 0.15) is 10.4 Å². The smallest absolute Gasteiger partial charge is 0.283 e. The van der Waals surface area contributed by atoms with Crippen molar-refractivity contribution >= 4 is 40.7 Å². The number of ether oxygens (including phenoxy) is 3. The molecule has 2 aromatic rings. The SMILES string of the molecule is COc1ccc(N2C(=O)C(Cl)=C(Nc3ccc(C(=O)N4CCOCC4)cc3)C2=O)c(OC)c1. The van der Waals surface area contributed by atoms with Crippen LogP contribution in [0.4, 0.5) is 11.4 Å². The predicted octanol–water partition coefficient (Wildman–Crippen LogP) is 2.61. The van der Waals surface area contributed by atoms with Gasteiger partial charge in [-0.05, 0) is 36.4 Å². The second-order valence-corrected chi connectivity index (χ2v) is 7.66. The minimum Gasteiger partial charge on any atom is -0.497 e. The highest BCUT2D eigenvalue weighted by molar-refractivity contribution is 6.53. The van der Waals surface area contributed by atoms with Gasteiger partial charge in [-0.1, -0.05) is 11.6 Å². The fourth-order valence-corrected chi connectivity index (χ4v) is 3.80. The van der Waals surface area contributed by atoms with Crippen LogP contribution in [0.15, 0.2) is 53.2 Å². The summed E-state index contributed by atoms with van der Waals surface area (Å²) in [7, 11) is 2.93. The molecule has 2 aliphatic heterocycles. The van der Waals surface area contributed by atoms with E-state index in [1.165, 1.54) is 14.2 Å². The first kappa shape index (κ1) is 22.6. The van der Waals surface area contributed by atoms with Crippen LogP contribution >= 0.6 is 11.6 Å². The van der Waals surface area contributed by atoms with Gasteiger partial charge in [0.05, 0.1) is 33.1 Å². The summed E-state index contributed by atoms with van der Waals surface area (Å²) in [4.78, 5) is 41.1. The molecule has 9 nitrogen and oxygen atoms in total. The number of hydrogen-bond donors (Lipinski definition) is 1. The lowest BCUT2D eigenvalue weighted by Crippen LogP contribution is -2.40. The number of imide groups is 1. The Labute approximate surface area is 195 Å². The highest BCUT2D eigenvalue weighted by Gasteiger charge is 2.40. The molecule has 1 N–H and O–H groups in total.